The van der Waals surface area contributed by atoms with Gasteiger partial charge in [0.1, 0.15) is 19.6 Å². The van der Waals surface area contributed by atoms with E-state index in [0.29, 0.717) is 0 Å². The SMILES string of the molecule is O=C(c1ccc(C[NH+]2CCOCC2)cc1)N1CCN(c2ccccc2)CC1. The molecule has 2 heterocycles. The molecule has 0 spiro atoms. The number of piperazine rings is 1. The van der Waals surface area contributed by atoms with Gasteiger partial charge in [-0.15, -0.1) is 0 Å². The Labute approximate surface area is 161 Å². The number of rotatable bonds is 4. The van der Waals surface area contributed by atoms with Crippen molar-refractivity contribution in [2.45, 2.75) is 6.54 Å². The number of anilines is 1. The summed E-state index contributed by atoms with van der Waals surface area (Å²) in [6, 6.07) is 18.6. The molecule has 2 aromatic rings. The lowest BCUT2D eigenvalue weighted by atomic mass is 10.1. The molecular weight excluding hydrogens is 338 g/mol. The van der Waals surface area contributed by atoms with E-state index in [2.05, 4.69) is 41.3 Å². The first-order valence-corrected chi connectivity index (χ1v) is 9.89. The smallest absolute Gasteiger partial charge is 0.253 e. The number of benzene rings is 2. The average molecular weight is 366 g/mol. The molecule has 2 fully saturated rings. The Kier molecular flexibility index (Phi) is 5.70. The minimum absolute atomic E-state index is 0.146. The fourth-order valence-corrected chi connectivity index (χ4v) is 3.88. The standard InChI is InChI=1S/C22H27N3O2/c26-22(25-12-10-24(11-13-25)21-4-2-1-3-5-21)20-8-6-19(7-9-20)18-23-14-16-27-17-15-23/h1-9H,10-18H2/p+1. The first kappa shape index (κ1) is 18.0. The van der Waals surface area contributed by atoms with Gasteiger partial charge in [0.25, 0.3) is 5.91 Å². The van der Waals surface area contributed by atoms with Gasteiger partial charge in [0.15, 0.2) is 0 Å². The van der Waals surface area contributed by atoms with Gasteiger partial charge in [0.2, 0.25) is 0 Å². The van der Waals surface area contributed by atoms with Crippen molar-refractivity contribution in [1.29, 1.82) is 0 Å². The molecule has 2 aliphatic heterocycles. The van der Waals surface area contributed by atoms with Crippen molar-refractivity contribution in [3.8, 4) is 0 Å². The molecule has 2 saturated heterocycles. The van der Waals surface area contributed by atoms with E-state index in [1.807, 2.05) is 23.1 Å². The van der Waals surface area contributed by atoms with E-state index in [-0.39, 0.29) is 5.91 Å². The second-order valence-corrected chi connectivity index (χ2v) is 7.35. The highest BCUT2D eigenvalue weighted by Crippen LogP contribution is 2.17. The molecule has 0 radical (unpaired) electrons. The van der Waals surface area contributed by atoms with Crippen LogP contribution in [0.2, 0.25) is 0 Å². The lowest BCUT2D eigenvalue weighted by Gasteiger charge is -2.36. The normalized spacial score (nSPS) is 18.5. The van der Waals surface area contributed by atoms with Crippen molar-refractivity contribution in [2.75, 3.05) is 57.4 Å². The molecule has 142 valence electrons. The van der Waals surface area contributed by atoms with Crippen LogP contribution in [0.15, 0.2) is 54.6 Å². The Morgan fingerprint density at radius 1 is 0.889 bits per heavy atom. The van der Waals surface area contributed by atoms with E-state index in [1.54, 1.807) is 4.90 Å². The fourth-order valence-electron chi connectivity index (χ4n) is 3.88. The number of hydrogen-bond donors (Lipinski definition) is 1. The number of nitrogens with zero attached hydrogens (tertiary/aromatic N) is 2. The monoisotopic (exact) mass is 366 g/mol. The Morgan fingerprint density at radius 2 is 1.56 bits per heavy atom. The van der Waals surface area contributed by atoms with Crippen LogP contribution in [0.3, 0.4) is 0 Å². The van der Waals surface area contributed by atoms with Gasteiger partial charge < -0.3 is 19.4 Å². The molecule has 0 unspecified atom stereocenters. The molecule has 0 aromatic heterocycles. The maximum Gasteiger partial charge on any atom is 0.253 e. The summed E-state index contributed by atoms with van der Waals surface area (Å²) in [6.45, 7) is 8.14. The maximum absolute atomic E-state index is 12.8. The zero-order valence-corrected chi connectivity index (χ0v) is 15.8. The van der Waals surface area contributed by atoms with Crippen molar-refractivity contribution >= 4 is 11.6 Å². The number of quaternary nitrogens is 1. The largest absolute Gasteiger partial charge is 0.370 e. The van der Waals surface area contributed by atoms with Gasteiger partial charge in [-0.2, -0.15) is 0 Å². The van der Waals surface area contributed by atoms with Crippen LogP contribution in [0, 0.1) is 0 Å². The van der Waals surface area contributed by atoms with Gasteiger partial charge in [-0.05, 0) is 24.3 Å². The van der Waals surface area contributed by atoms with E-state index in [0.717, 1.165) is 64.6 Å². The molecule has 2 aromatic carbocycles. The van der Waals surface area contributed by atoms with Gasteiger partial charge in [0, 0.05) is 43.0 Å². The highest BCUT2D eigenvalue weighted by Gasteiger charge is 2.22. The van der Waals surface area contributed by atoms with E-state index < -0.39 is 0 Å². The van der Waals surface area contributed by atoms with E-state index in [1.165, 1.54) is 11.3 Å². The first-order valence-electron chi connectivity index (χ1n) is 9.89. The van der Waals surface area contributed by atoms with Crippen LogP contribution in [0.5, 0.6) is 0 Å². The molecule has 0 saturated carbocycles. The number of amides is 1. The van der Waals surface area contributed by atoms with Crippen molar-refractivity contribution in [1.82, 2.24) is 4.90 Å². The van der Waals surface area contributed by atoms with Crippen molar-refractivity contribution in [3.05, 3.63) is 65.7 Å². The number of para-hydroxylation sites is 1. The third-order valence-electron chi connectivity index (χ3n) is 5.54. The summed E-state index contributed by atoms with van der Waals surface area (Å²) < 4.78 is 5.42. The highest BCUT2D eigenvalue weighted by molar-refractivity contribution is 5.94. The molecule has 5 heteroatoms. The van der Waals surface area contributed by atoms with Crippen molar-refractivity contribution in [2.24, 2.45) is 0 Å². The van der Waals surface area contributed by atoms with Crippen LogP contribution in [0.1, 0.15) is 15.9 Å². The van der Waals surface area contributed by atoms with Crippen LogP contribution in [0.25, 0.3) is 0 Å². The van der Waals surface area contributed by atoms with Crippen LogP contribution in [-0.4, -0.2) is 63.3 Å². The number of morpholine rings is 1. The predicted octanol–water partition coefficient (Wildman–Crippen LogP) is 1.06. The van der Waals surface area contributed by atoms with E-state index in [9.17, 15) is 4.79 Å². The van der Waals surface area contributed by atoms with E-state index >= 15 is 0 Å². The second-order valence-electron chi connectivity index (χ2n) is 7.35. The van der Waals surface area contributed by atoms with Gasteiger partial charge in [-0.3, -0.25) is 4.79 Å². The molecule has 0 atom stereocenters. The highest BCUT2D eigenvalue weighted by atomic mass is 16.5. The predicted molar refractivity (Wildman–Crippen MR) is 106 cm³/mol. The van der Waals surface area contributed by atoms with Crippen LogP contribution >= 0.6 is 0 Å². The Morgan fingerprint density at radius 3 is 2.22 bits per heavy atom. The Hall–Kier alpha value is -2.37. The zero-order valence-electron chi connectivity index (χ0n) is 15.8. The lowest BCUT2D eigenvalue weighted by Crippen LogP contribution is -3.12. The van der Waals surface area contributed by atoms with Gasteiger partial charge in [-0.1, -0.05) is 30.3 Å². The number of hydrogen-bond acceptors (Lipinski definition) is 3. The minimum Gasteiger partial charge on any atom is -0.370 e. The summed E-state index contributed by atoms with van der Waals surface area (Å²) in [6.07, 6.45) is 0. The number of carbonyl (C=O) groups is 1. The van der Waals surface area contributed by atoms with Gasteiger partial charge >= 0.3 is 0 Å². The van der Waals surface area contributed by atoms with Crippen molar-refractivity contribution in [3.63, 3.8) is 0 Å². The summed E-state index contributed by atoms with van der Waals surface area (Å²) in [5.74, 6) is 0.146. The molecule has 2 aliphatic rings. The van der Waals surface area contributed by atoms with Crippen LogP contribution in [-0.2, 0) is 11.3 Å². The molecule has 4 rings (SSSR count). The molecule has 0 aliphatic carbocycles. The fraction of sp³-hybridized carbons (Fsp3) is 0.409. The molecule has 1 N–H and O–H groups in total. The quantitative estimate of drug-likeness (QED) is 0.879. The van der Waals surface area contributed by atoms with E-state index in [4.69, 9.17) is 4.74 Å². The number of nitrogens with one attached hydrogen (secondary N) is 1. The van der Waals surface area contributed by atoms with Gasteiger partial charge in [-0.25, -0.2) is 0 Å². The maximum atomic E-state index is 12.8. The summed E-state index contributed by atoms with van der Waals surface area (Å²) in [4.78, 5) is 18.7. The number of carbonyl (C=O) groups excluding carboxylic acids is 1. The minimum atomic E-state index is 0.146. The van der Waals surface area contributed by atoms with Crippen LogP contribution < -0.4 is 9.80 Å². The Bertz CT molecular complexity index is 734. The second kappa shape index (κ2) is 8.55. The third kappa shape index (κ3) is 4.49. The summed E-state index contributed by atoms with van der Waals surface area (Å²) >= 11 is 0. The first-order chi connectivity index (χ1) is 13.3. The summed E-state index contributed by atoms with van der Waals surface area (Å²) in [5, 5.41) is 0. The molecule has 1 amide bonds. The van der Waals surface area contributed by atoms with Gasteiger partial charge in [0.05, 0.1) is 13.2 Å². The molecular formula is C22H28N3O2+. The molecule has 0 bridgehead atoms. The molecule has 5 nitrogen and oxygen atoms in total. The Balaban J connectivity index is 1.32. The zero-order chi connectivity index (χ0) is 18.5. The third-order valence-corrected chi connectivity index (χ3v) is 5.54. The van der Waals surface area contributed by atoms with Crippen LogP contribution in [0.4, 0.5) is 5.69 Å². The summed E-state index contributed by atoms with van der Waals surface area (Å²) in [5.41, 5.74) is 3.32. The lowest BCUT2D eigenvalue weighted by molar-refractivity contribution is -0.921. The number of ether oxygens (including phenoxy) is 1. The van der Waals surface area contributed by atoms with Crippen molar-refractivity contribution < 1.29 is 14.4 Å². The molecule has 27 heavy (non-hydrogen) atoms. The topological polar surface area (TPSA) is 37.2 Å². The summed E-state index contributed by atoms with van der Waals surface area (Å²) in [7, 11) is 0. The average Bonchev–Trinajstić information content (AvgIpc) is 2.75.